The van der Waals surface area contributed by atoms with Crippen molar-refractivity contribution in [2.24, 2.45) is 0 Å². The molecule has 0 fully saturated rings. The van der Waals surface area contributed by atoms with Crippen molar-refractivity contribution in [2.75, 3.05) is 13.4 Å². The van der Waals surface area contributed by atoms with Crippen LogP contribution in [0.3, 0.4) is 0 Å². The van der Waals surface area contributed by atoms with Crippen LogP contribution in [-0.4, -0.2) is 34.2 Å². The maximum atomic E-state index is 11.8. The van der Waals surface area contributed by atoms with E-state index in [1.54, 1.807) is 6.26 Å². The molecule has 0 N–H and O–H groups in total. The van der Waals surface area contributed by atoms with Gasteiger partial charge in [0.15, 0.2) is 5.75 Å². The maximum Gasteiger partial charge on any atom is 0.276 e. The zero-order valence-electron chi connectivity index (χ0n) is 11.0. The van der Waals surface area contributed by atoms with Gasteiger partial charge < -0.3 is 4.74 Å². The Balaban J connectivity index is 2.50. The van der Waals surface area contributed by atoms with Gasteiger partial charge in [0.25, 0.3) is 10.9 Å². The molecule has 0 amide bonds. The van der Waals surface area contributed by atoms with Crippen molar-refractivity contribution < 1.29 is 14.3 Å². The third-order valence-corrected chi connectivity index (χ3v) is 3.15. The topological polar surface area (TPSA) is 69.2 Å². The number of hydrogen-bond donors (Lipinski definition) is 0. The molecule has 1 aromatic carbocycles. The SMILES string of the molecule is COc1cnc(C(=O)C(=O)SC)nc1-c1ccccc1. The van der Waals surface area contributed by atoms with E-state index in [2.05, 4.69) is 9.97 Å². The molecule has 0 saturated heterocycles. The van der Waals surface area contributed by atoms with Crippen LogP contribution >= 0.6 is 11.8 Å². The number of nitrogens with zero attached hydrogens (tertiary/aromatic N) is 2. The highest BCUT2D eigenvalue weighted by Gasteiger charge is 2.20. The van der Waals surface area contributed by atoms with Gasteiger partial charge in [0, 0.05) is 5.56 Å². The average Bonchev–Trinajstić information content (AvgIpc) is 2.53. The van der Waals surface area contributed by atoms with E-state index in [9.17, 15) is 9.59 Å². The first-order valence-electron chi connectivity index (χ1n) is 5.76. The Morgan fingerprint density at radius 3 is 2.50 bits per heavy atom. The van der Waals surface area contributed by atoms with E-state index in [0.29, 0.717) is 11.4 Å². The largest absolute Gasteiger partial charge is 0.493 e. The molecule has 2 aromatic rings. The molecule has 0 aliphatic carbocycles. The average molecular weight is 288 g/mol. The second-order valence-electron chi connectivity index (χ2n) is 3.80. The molecule has 6 heteroatoms. The van der Waals surface area contributed by atoms with Crippen molar-refractivity contribution >= 4 is 22.7 Å². The Morgan fingerprint density at radius 1 is 1.20 bits per heavy atom. The standard InChI is InChI=1S/C14H12N2O3S/c1-19-10-8-15-13(12(17)14(18)20-2)16-11(10)9-6-4-3-5-7-9/h3-8H,1-2H3. The van der Waals surface area contributed by atoms with Crippen LogP contribution in [0.15, 0.2) is 36.5 Å². The van der Waals surface area contributed by atoms with E-state index in [4.69, 9.17) is 4.74 Å². The lowest BCUT2D eigenvalue weighted by molar-refractivity contribution is -0.107. The highest BCUT2D eigenvalue weighted by Crippen LogP contribution is 2.27. The van der Waals surface area contributed by atoms with Crippen LogP contribution in [0.4, 0.5) is 0 Å². The smallest absolute Gasteiger partial charge is 0.276 e. The number of Topliss-reactive ketones (excluding diaryl/α,β-unsaturated/α-hetero) is 1. The van der Waals surface area contributed by atoms with Crippen LogP contribution in [0.25, 0.3) is 11.3 Å². The van der Waals surface area contributed by atoms with E-state index in [1.807, 2.05) is 30.3 Å². The molecule has 0 unspecified atom stereocenters. The molecule has 0 spiro atoms. The fourth-order valence-electron chi connectivity index (χ4n) is 1.62. The summed E-state index contributed by atoms with van der Waals surface area (Å²) in [4.78, 5) is 31.3. The maximum absolute atomic E-state index is 11.8. The van der Waals surface area contributed by atoms with Crippen molar-refractivity contribution in [1.29, 1.82) is 0 Å². The number of carbonyl (C=O) groups excluding carboxylic acids is 2. The number of ether oxygens (including phenoxy) is 1. The summed E-state index contributed by atoms with van der Waals surface area (Å²) in [5.74, 6) is -0.384. The molecular weight excluding hydrogens is 276 g/mol. The van der Waals surface area contributed by atoms with Crippen LogP contribution in [0.2, 0.25) is 0 Å². The Labute approximate surface area is 120 Å². The first-order chi connectivity index (χ1) is 9.67. The summed E-state index contributed by atoms with van der Waals surface area (Å²) in [5.41, 5.74) is 1.28. The minimum Gasteiger partial charge on any atom is -0.493 e. The highest BCUT2D eigenvalue weighted by atomic mass is 32.2. The van der Waals surface area contributed by atoms with E-state index in [0.717, 1.165) is 17.3 Å². The van der Waals surface area contributed by atoms with Crippen molar-refractivity contribution in [3.8, 4) is 17.0 Å². The number of methoxy groups -OCH3 is 1. The first kappa shape index (κ1) is 14.2. The normalized spacial score (nSPS) is 10.1. The second-order valence-corrected chi connectivity index (χ2v) is 4.58. The van der Waals surface area contributed by atoms with Crippen LogP contribution in [0.1, 0.15) is 10.6 Å². The Kier molecular flexibility index (Phi) is 4.47. The van der Waals surface area contributed by atoms with Gasteiger partial charge in [-0.15, -0.1) is 0 Å². The molecule has 2 rings (SSSR count). The summed E-state index contributed by atoms with van der Waals surface area (Å²) < 4.78 is 5.19. The van der Waals surface area contributed by atoms with Gasteiger partial charge in [-0.1, -0.05) is 42.1 Å². The Bertz CT molecular complexity index is 644. The number of carbonyl (C=O) groups is 2. The summed E-state index contributed by atoms with van der Waals surface area (Å²) in [6, 6.07) is 9.27. The molecule has 0 saturated carbocycles. The van der Waals surface area contributed by atoms with E-state index in [1.165, 1.54) is 13.3 Å². The Hall–Kier alpha value is -2.21. The molecule has 0 atom stereocenters. The van der Waals surface area contributed by atoms with Crippen LogP contribution in [0.5, 0.6) is 5.75 Å². The van der Waals surface area contributed by atoms with Crippen molar-refractivity contribution in [2.45, 2.75) is 0 Å². The van der Waals surface area contributed by atoms with Crippen LogP contribution in [-0.2, 0) is 4.79 Å². The highest BCUT2D eigenvalue weighted by molar-refractivity contribution is 8.14. The number of ketones is 1. The molecule has 0 aliphatic rings. The fourth-order valence-corrected chi connectivity index (χ4v) is 1.89. The van der Waals surface area contributed by atoms with Gasteiger partial charge in [0.2, 0.25) is 5.82 Å². The molecule has 20 heavy (non-hydrogen) atoms. The van der Waals surface area contributed by atoms with Gasteiger partial charge in [-0.3, -0.25) is 9.59 Å². The molecule has 0 radical (unpaired) electrons. The second kappa shape index (κ2) is 6.29. The molecule has 5 nitrogen and oxygen atoms in total. The lowest BCUT2D eigenvalue weighted by Gasteiger charge is -2.08. The third kappa shape index (κ3) is 2.85. The molecule has 1 heterocycles. The molecule has 1 aromatic heterocycles. The molecule has 102 valence electrons. The number of benzene rings is 1. The van der Waals surface area contributed by atoms with Crippen molar-refractivity contribution in [1.82, 2.24) is 9.97 Å². The van der Waals surface area contributed by atoms with Gasteiger partial charge in [-0.2, -0.15) is 0 Å². The number of aromatic nitrogens is 2. The molecule has 0 aliphatic heterocycles. The monoisotopic (exact) mass is 288 g/mol. The fraction of sp³-hybridized carbons (Fsp3) is 0.143. The van der Waals surface area contributed by atoms with Gasteiger partial charge in [0.1, 0.15) is 5.69 Å². The summed E-state index contributed by atoms with van der Waals surface area (Å²) in [5, 5.41) is -0.589. The lowest BCUT2D eigenvalue weighted by Crippen LogP contribution is -2.14. The minimum atomic E-state index is -0.711. The summed E-state index contributed by atoms with van der Waals surface area (Å²) in [7, 11) is 1.50. The van der Waals surface area contributed by atoms with Gasteiger partial charge in [0.05, 0.1) is 13.3 Å². The number of rotatable bonds is 4. The Morgan fingerprint density at radius 2 is 1.90 bits per heavy atom. The number of thioether (sulfide) groups is 1. The van der Waals surface area contributed by atoms with Crippen LogP contribution in [0, 0.1) is 0 Å². The van der Waals surface area contributed by atoms with Gasteiger partial charge >= 0.3 is 0 Å². The summed E-state index contributed by atoms with van der Waals surface area (Å²) in [6.45, 7) is 0. The first-order valence-corrected chi connectivity index (χ1v) is 6.99. The molecular formula is C14H12N2O3S. The quantitative estimate of drug-likeness (QED) is 0.634. The zero-order chi connectivity index (χ0) is 14.5. The number of hydrogen-bond acceptors (Lipinski definition) is 6. The molecule has 0 bridgehead atoms. The minimum absolute atomic E-state index is 0.121. The van der Waals surface area contributed by atoms with Gasteiger partial charge in [-0.25, -0.2) is 9.97 Å². The van der Waals surface area contributed by atoms with Crippen molar-refractivity contribution in [3.05, 3.63) is 42.4 Å². The van der Waals surface area contributed by atoms with E-state index < -0.39 is 10.9 Å². The van der Waals surface area contributed by atoms with E-state index in [-0.39, 0.29) is 5.82 Å². The van der Waals surface area contributed by atoms with Crippen LogP contribution < -0.4 is 4.74 Å². The van der Waals surface area contributed by atoms with Crippen molar-refractivity contribution in [3.63, 3.8) is 0 Å². The predicted molar refractivity (Wildman–Crippen MR) is 76.9 cm³/mol. The predicted octanol–water partition coefficient (Wildman–Crippen LogP) is 2.22. The summed E-state index contributed by atoms with van der Waals surface area (Å²) in [6.07, 6.45) is 2.94. The zero-order valence-corrected chi connectivity index (χ0v) is 11.8. The third-order valence-electron chi connectivity index (χ3n) is 2.60. The van der Waals surface area contributed by atoms with E-state index >= 15 is 0 Å². The summed E-state index contributed by atoms with van der Waals surface area (Å²) >= 11 is 0.840. The van der Waals surface area contributed by atoms with Gasteiger partial charge in [-0.05, 0) is 6.26 Å². The lowest BCUT2D eigenvalue weighted by atomic mass is 10.1.